The van der Waals surface area contributed by atoms with E-state index in [0.29, 0.717) is 18.5 Å². The SMILES string of the molecule is CCc1ccccc1.CNC(C)C(=O)NC(C(=O)N1CC(N(N)/C=C(\N)COc2ccc(CC(NC)C(=O)O)cc2)CC1C(=O)NCC=O)C(C)C. The van der Waals surface area contributed by atoms with Gasteiger partial charge in [0, 0.05) is 19.2 Å². The molecule has 0 radical (unpaired) electrons. The average molecular weight is 725 g/mol. The van der Waals surface area contributed by atoms with Crippen molar-refractivity contribution in [1.82, 2.24) is 31.2 Å². The molecule has 0 aliphatic carbocycles. The van der Waals surface area contributed by atoms with Crippen molar-refractivity contribution in [2.75, 3.05) is 33.8 Å². The van der Waals surface area contributed by atoms with Crippen molar-refractivity contribution in [3.63, 3.8) is 0 Å². The van der Waals surface area contributed by atoms with E-state index in [1.165, 1.54) is 21.7 Å². The highest BCUT2D eigenvalue weighted by Crippen LogP contribution is 2.24. The van der Waals surface area contributed by atoms with Gasteiger partial charge in [-0.05, 0) is 63.0 Å². The summed E-state index contributed by atoms with van der Waals surface area (Å²) in [6.07, 6.45) is 3.63. The van der Waals surface area contributed by atoms with Gasteiger partial charge in [-0.25, -0.2) is 5.84 Å². The fourth-order valence-corrected chi connectivity index (χ4v) is 5.37. The Labute approximate surface area is 306 Å². The second-order valence-corrected chi connectivity index (χ2v) is 12.9. The summed E-state index contributed by atoms with van der Waals surface area (Å²) in [6.45, 7) is 7.28. The standard InChI is InChI=1S/C29H46N8O7.C8H10/c1-17(2)25(35-26(39)18(3)32-4)28(41)36-15-21(13-24(36)27(40)34-10-11-38)37(31)14-20(30)16-44-22-8-6-19(7-9-22)12-23(33-5)29(42)43;1-2-8-6-4-3-5-7-8/h6-9,11,14,17-18,21,23-25,32-33H,10,12-13,15-16,30-31H2,1-5H3,(H,34,40)(H,35,39)(H,42,43);3-7H,2H2,1H3/b20-14-;. The molecule has 0 saturated carbocycles. The van der Waals surface area contributed by atoms with Gasteiger partial charge >= 0.3 is 5.97 Å². The first kappa shape index (κ1) is 43.2. The molecule has 1 aliphatic heterocycles. The number of aryl methyl sites for hydroxylation is 1. The van der Waals surface area contributed by atoms with Crippen LogP contribution < -0.4 is 37.6 Å². The molecule has 15 nitrogen and oxygen atoms in total. The van der Waals surface area contributed by atoms with E-state index in [1.54, 1.807) is 59.1 Å². The first-order valence-electron chi connectivity index (χ1n) is 17.4. The molecule has 3 rings (SSSR count). The van der Waals surface area contributed by atoms with Crippen LogP contribution in [-0.4, -0.2) is 109 Å². The van der Waals surface area contributed by atoms with Gasteiger partial charge in [0.25, 0.3) is 0 Å². The van der Waals surface area contributed by atoms with E-state index in [1.807, 2.05) is 6.07 Å². The lowest BCUT2D eigenvalue weighted by molar-refractivity contribution is -0.142. The Balaban J connectivity index is 0.00000103. The maximum Gasteiger partial charge on any atom is 0.321 e. The molecular formula is C37H56N8O7. The Morgan fingerprint density at radius 2 is 1.67 bits per heavy atom. The number of carbonyl (C=O) groups excluding carboxylic acids is 4. The molecule has 0 spiro atoms. The fourth-order valence-electron chi connectivity index (χ4n) is 5.37. The number of nitrogens with one attached hydrogen (secondary N) is 4. The quantitative estimate of drug-likeness (QED) is 0.0636. The van der Waals surface area contributed by atoms with E-state index in [4.69, 9.17) is 16.3 Å². The van der Waals surface area contributed by atoms with Gasteiger partial charge in [-0.15, -0.1) is 0 Å². The average Bonchev–Trinajstić information content (AvgIpc) is 3.60. The van der Waals surface area contributed by atoms with Crippen LogP contribution in [-0.2, 0) is 36.8 Å². The van der Waals surface area contributed by atoms with Gasteiger partial charge < -0.3 is 51.5 Å². The number of aldehydes is 1. The molecule has 0 bridgehead atoms. The molecule has 52 heavy (non-hydrogen) atoms. The normalized spacial score (nSPS) is 17.2. The van der Waals surface area contributed by atoms with Crippen LogP contribution >= 0.6 is 0 Å². The van der Waals surface area contributed by atoms with Gasteiger partial charge in [0.2, 0.25) is 17.7 Å². The molecule has 2 aromatic carbocycles. The number of hydrazine groups is 1. The Morgan fingerprint density at radius 1 is 1.02 bits per heavy atom. The predicted molar refractivity (Wildman–Crippen MR) is 199 cm³/mol. The molecule has 1 heterocycles. The number of hydrogen-bond donors (Lipinski definition) is 7. The van der Waals surface area contributed by atoms with Crippen LogP contribution in [0.15, 0.2) is 66.5 Å². The second-order valence-electron chi connectivity index (χ2n) is 12.9. The van der Waals surface area contributed by atoms with Crippen LogP contribution in [0, 0.1) is 5.92 Å². The number of rotatable bonds is 18. The van der Waals surface area contributed by atoms with E-state index in [-0.39, 0.29) is 43.6 Å². The number of aliphatic carboxylic acids is 1. The molecular weight excluding hydrogens is 668 g/mol. The smallest absolute Gasteiger partial charge is 0.321 e. The lowest BCUT2D eigenvalue weighted by atomic mass is 10.0. The number of likely N-dealkylation sites (tertiary alicyclic amines) is 1. The van der Waals surface area contributed by atoms with Gasteiger partial charge in [0.1, 0.15) is 36.8 Å². The van der Waals surface area contributed by atoms with Crippen LogP contribution in [0.25, 0.3) is 0 Å². The Hall–Kier alpha value is -4.99. The van der Waals surface area contributed by atoms with E-state index in [9.17, 15) is 29.1 Å². The fraction of sp³-hybridized carbons (Fsp3) is 0.486. The molecule has 15 heteroatoms. The third kappa shape index (κ3) is 13.6. The topological polar surface area (TPSA) is 221 Å². The summed E-state index contributed by atoms with van der Waals surface area (Å²) in [4.78, 5) is 62.7. The monoisotopic (exact) mass is 724 g/mol. The highest BCUT2D eigenvalue weighted by atomic mass is 16.5. The van der Waals surface area contributed by atoms with Crippen molar-refractivity contribution in [3.8, 4) is 5.75 Å². The Bertz CT molecular complexity index is 1470. The zero-order chi connectivity index (χ0) is 38.8. The number of benzene rings is 2. The first-order chi connectivity index (χ1) is 24.8. The maximum atomic E-state index is 13.7. The number of likely N-dealkylation sites (N-methyl/N-ethyl adjacent to an activating group) is 2. The van der Waals surface area contributed by atoms with Crippen molar-refractivity contribution < 1.29 is 33.8 Å². The number of hydrogen-bond acceptors (Lipinski definition) is 11. The number of nitrogens with two attached hydrogens (primary N) is 2. The van der Waals surface area contributed by atoms with Crippen molar-refractivity contribution in [1.29, 1.82) is 0 Å². The van der Waals surface area contributed by atoms with Crippen LogP contribution in [0.1, 0.15) is 45.2 Å². The summed E-state index contributed by atoms with van der Waals surface area (Å²) < 4.78 is 5.74. The third-order valence-corrected chi connectivity index (χ3v) is 8.68. The number of carboxylic acids is 1. The maximum absolute atomic E-state index is 13.7. The molecule has 2 aromatic rings. The number of carboxylic acid groups (broad SMARTS) is 1. The van der Waals surface area contributed by atoms with Crippen molar-refractivity contribution in [3.05, 3.63) is 77.6 Å². The number of ether oxygens (including phenoxy) is 1. The van der Waals surface area contributed by atoms with Crippen LogP contribution in [0.5, 0.6) is 5.75 Å². The highest BCUT2D eigenvalue weighted by molar-refractivity contribution is 5.94. The van der Waals surface area contributed by atoms with Gasteiger partial charge in [-0.1, -0.05) is 63.2 Å². The molecule has 5 unspecified atom stereocenters. The third-order valence-electron chi connectivity index (χ3n) is 8.68. The number of amides is 3. The predicted octanol–water partition coefficient (Wildman–Crippen LogP) is 0.539. The zero-order valence-electron chi connectivity index (χ0n) is 31.0. The zero-order valence-corrected chi connectivity index (χ0v) is 31.0. The summed E-state index contributed by atoms with van der Waals surface area (Å²) in [7, 11) is 3.22. The largest absolute Gasteiger partial charge is 0.487 e. The lowest BCUT2D eigenvalue weighted by Crippen LogP contribution is -2.57. The van der Waals surface area contributed by atoms with E-state index in [2.05, 4.69) is 52.5 Å². The first-order valence-corrected chi connectivity index (χ1v) is 17.4. The summed E-state index contributed by atoms with van der Waals surface area (Å²) in [5, 5.41) is 21.4. The molecule has 9 N–H and O–H groups in total. The van der Waals surface area contributed by atoms with Crippen LogP contribution in [0.2, 0.25) is 0 Å². The molecule has 1 aliphatic rings. The van der Waals surface area contributed by atoms with Gasteiger partial charge in [0.05, 0.1) is 24.3 Å². The summed E-state index contributed by atoms with van der Waals surface area (Å²) >= 11 is 0. The minimum Gasteiger partial charge on any atom is -0.487 e. The van der Waals surface area contributed by atoms with E-state index >= 15 is 0 Å². The van der Waals surface area contributed by atoms with Gasteiger partial charge in [-0.3, -0.25) is 19.2 Å². The van der Waals surface area contributed by atoms with Crippen LogP contribution in [0.4, 0.5) is 0 Å². The second kappa shape index (κ2) is 22.1. The Morgan fingerprint density at radius 3 is 2.19 bits per heavy atom. The molecule has 286 valence electrons. The van der Waals surface area contributed by atoms with E-state index < -0.39 is 48.0 Å². The van der Waals surface area contributed by atoms with Crippen molar-refractivity contribution in [2.45, 2.75) is 77.2 Å². The minimum atomic E-state index is -0.939. The van der Waals surface area contributed by atoms with E-state index in [0.717, 1.165) is 12.0 Å². The van der Waals surface area contributed by atoms with Crippen molar-refractivity contribution >= 4 is 30.0 Å². The highest BCUT2D eigenvalue weighted by Gasteiger charge is 2.44. The molecule has 1 fully saturated rings. The summed E-state index contributed by atoms with van der Waals surface area (Å²) in [6, 6.07) is 13.9. The minimum absolute atomic E-state index is 0.00890. The lowest BCUT2D eigenvalue weighted by Gasteiger charge is -2.31. The Kier molecular flexibility index (Phi) is 18.3. The summed E-state index contributed by atoms with van der Waals surface area (Å²) in [5.41, 5.74) is 8.67. The van der Waals surface area contributed by atoms with Gasteiger partial charge in [0.15, 0.2) is 0 Å². The molecule has 0 aromatic heterocycles. The molecule has 5 atom stereocenters. The van der Waals surface area contributed by atoms with Crippen molar-refractivity contribution in [2.24, 2.45) is 17.5 Å². The molecule has 1 saturated heterocycles. The van der Waals surface area contributed by atoms with Crippen LogP contribution in [0.3, 0.4) is 0 Å². The molecule has 3 amide bonds. The van der Waals surface area contributed by atoms with Gasteiger partial charge in [-0.2, -0.15) is 0 Å². The number of nitrogens with zero attached hydrogens (tertiary/aromatic N) is 2. The number of carbonyl (C=O) groups is 5. The summed E-state index contributed by atoms with van der Waals surface area (Å²) in [5.74, 6) is 4.32.